The number of azo groups is 1. The molecule has 0 radical (unpaired) electrons. The molecule has 0 aliphatic rings. The maximum Gasteiger partial charge on any atom is 1.00 e. The standard InChI is InChI=1S/C27H23Cl2N3O6S.Na/c1-3-15-11-17(28)13-22(26(15)39(35,36)37)31-32-24-19-8-6-5-7-16(19)12-20(25(24)33)27(34)30-18-9-10-23(38-4-2)21(29)14-18;/h5-14,33H,3-4H2,1-2H3,(H,30,34)(H,35,36,37);/q;+1/p-1. The Labute approximate surface area is 263 Å². The molecular formula is C27H22Cl2N3NaO6S. The summed E-state index contributed by atoms with van der Waals surface area (Å²) in [6.45, 7) is 3.92. The molecule has 0 bridgehead atoms. The van der Waals surface area contributed by atoms with Gasteiger partial charge in [0.25, 0.3) is 16.0 Å². The minimum atomic E-state index is -4.69. The van der Waals surface area contributed by atoms with Crippen LogP contribution in [-0.4, -0.2) is 25.5 Å². The Morgan fingerprint density at radius 2 is 1.77 bits per heavy atom. The quantitative estimate of drug-likeness (QED) is 0.175. The number of anilines is 1. The van der Waals surface area contributed by atoms with Crippen LogP contribution < -0.4 is 44.7 Å². The molecular weight excluding hydrogens is 588 g/mol. The number of rotatable bonds is 8. The van der Waals surface area contributed by atoms with Crippen LogP contribution in [0.5, 0.6) is 11.5 Å². The van der Waals surface area contributed by atoms with E-state index in [0.29, 0.717) is 28.8 Å². The molecule has 0 fully saturated rings. The fourth-order valence-corrected chi connectivity index (χ4v) is 5.37. The predicted octanol–water partition coefficient (Wildman–Crippen LogP) is 4.10. The summed E-state index contributed by atoms with van der Waals surface area (Å²) in [6.07, 6.45) is 0.235. The zero-order valence-corrected chi connectivity index (χ0v) is 26.1. The normalized spacial score (nSPS) is 11.4. The smallest absolute Gasteiger partial charge is 0.870 e. The van der Waals surface area contributed by atoms with Gasteiger partial charge in [0.05, 0.1) is 17.3 Å². The number of carbonyl (C=O) groups is 1. The van der Waals surface area contributed by atoms with Crippen LogP contribution >= 0.6 is 23.2 Å². The number of nitrogens with zero attached hydrogens (tertiary/aromatic N) is 2. The molecule has 9 nitrogen and oxygen atoms in total. The summed E-state index contributed by atoms with van der Waals surface area (Å²) in [6, 6.07) is 15.4. The fourth-order valence-electron chi connectivity index (χ4n) is 4.00. The molecule has 13 heteroatoms. The third-order valence-electron chi connectivity index (χ3n) is 5.72. The number of aryl methyl sites for hydroxylation is 1. The van der Waals surface area contributed by atoms with E-state index in [1.54, 1.807) is 43.3 Å². The van der Waals surface area contributed by atoms with Crippen molar-refractivity contribution >= 4 is 67.1 Å². The second-order valence-corrected chi connectivity index (χ2v) is 10.5. The van der Waals surface area contributed by atoms with E-state index in [2.05, 4.69) is 15.5 Å². The summed E-state index contributed by atoms with van der Waals surface area (Å²) >= 11 is 12.3. The van der Waals surface area contributed by atoms with Gasteiger partial charge in [0, 0.05) is 21.7 Å². The molecule has 40 heavy (non-hydrogen) atoms. The third-order valence-corrected chi connectivity index (χ3v) is 7.22. The molecule has 0 aliphatic heterocycles. The van der Waals surface area contributed by atoms with Crippen molar-refractivity contribution in [3.8, 4) is 11.5 Å². The van der Waals surface area contributed by atoms with Gasteiger partial charge in [-0.25, -0.2) is 0 Å². The number of carbonyl (C=O) groups excluding carboxylic acids is 1. The molecule has 4 aromatic rings. The summed E-state index contributed by atoms with van der Waals surface area (Å²) < 4.78 is 39.4. The maximum absolute atomic E-state index is 13.5. The third kappa shape index (κ3) is 6.95. The molecule has 0 heterocycles. The molecule has 0 aromatic heterocycles. The predicted molar refractivity (Wildman–Crippen MR) is 149 cm³/mol. The van der Waals surface area contributed by atoms with Gasteiger partial charge in [-0.2, -0.15) is 13.5 Å². The largest absolute Gasteiger partial charge is 1.00 e. The molecule has 0 saturated heterocycles. The Morgan fingerprint density at radius 3 is 2.42 bits per heavy atom. The van der Waals surface area contributed by atoms with E-state index in [9.17, 15) is 22.9 Å². The van der Waals surface area contributed by atoms with E-state index in [-0.39, 0.29) is 68.5 Å². The number of amides is 1. The van der Waals surface area contributed by atoms with Crippen molar-refractivity contribution in [3.05, 3.63) is 81.8 Å². The maximum atomic E-state index is 13.5. The fraction of sp³-hybridized carbons (Fsp3) is 0.148. The summed E-state index contributed by atoms with van der Waals surface area (Å²) in [4.78, 5) is 12.7. The van der Waals surface area contributed by atoms with Crippen LogP contribution in [0, 0.1) is 0 Å². The Balaban J connectivity index is 0.00000441. The van der Waals surface area contributed by atoms with Gasteiger partial charge in [0.1, 0.15) is 16.3 Å². The summed E-state index contributed by atoms with van der Waals surface area (Å²) in [5.41, 5.74) is -0.0872. The van der Waals surface area contributed by atoms with E-state index in [4.69, 9.17) is 27.9 Å². The van der Waals surface area contributed by atoms with Crippen molar-refractivity contribution in [3.63, 3.8) is 0 Å². The van der Waals surface area contributed by atoms with E-state index in [0.717, 1.165) is 0 Å². The zero-order valence-electron chi connectivity index (χ0n) is 21.7. The molecule has 202 valence electrons. The van der Waals surface area contributed by atoms with Gasteiger partial charge in [-0.05, 0) is 60.7 Å². The average Bonchev–Trinajstić information content (AvgIpc) is 2.88. The van der Waals surface area contributed by atoms with E-state index in [1.807, 2.05) is 6.92 Å². The first kappa shape index (κ1) is 31.8. The molecule has 0 aliphatic carbocycles. The number of halogens is 2. The van der Waals surface area contributed by atoms with Crippen LogP contribution in [0.3, 0.4) is 0 Å². The number of benzene rings is 4. The minimum Gasteiger partial charge on any atom is -0.870 e. The molecule has 0 spiro atoms. The topological polar surface area (TPSA) is 140 Å². The first-order valence-corrected chi connectivity index (χ1v) is 13.9. The van der Waals surface area contributed by atoms with Crippen LogP contribution in [0.15, 0.2) is 75.8 Å². The van der Waals surface area contributed by atoms with Crippen molar-refractivity contribution in [2.24, 2.45) is 10.2 Å². The number of hydrogen-bond donors (Lipinski definition) is 2. The molecule has 4 aromatic carbocycles. The first-order valence-electron chi connectivity index (χ1n) is 11.7. The van der Waals surface area contributed by atoms with E-state index < -0.39 is 26.7 Å². The van der Waals surface area contributed by atoms with Crippen molar-refractivity contribution < 1.29 is 57.2 Å². The summed E-state index contributed by atoms with van der Waals surface area (Å²) in [5, 5.41) is 25.5. The number of ether oxygens (including phenoxy) is 1. The minimum absolute atomic E-state index is 0. The van der Waals surface area contributed by atoms with Gasteiger partial charge in [-0.1, -0.05) is 60.1 Å². The monoisotopic (exact) mass is 609 g/mol. The van der Waals surface area contributed by atoms with Crippen LogP contribution in [0.1, 0.15) is 29.8 Å². The van der Waals surface area contributed by atoms with Gasteiger partial charge >= 0.3 is 29.6 Å². The summed E-state index contributed by atoms with van der Waals surface area (Å²) in [7, 11) is -4.69. The molecule has 4 rings (SSSR count). The number of fused-ring (bicyclic) bond motifs is 1. The van der Waals surface area contributed by atoms with Crippen molar-refractivity contribution in [2.45, 2.75) is 25.2 Å². The Bertz CT molecular complexity index is 1730. The van der Waals surface area contributed by atoms with E-state index >= 15 is 0 Å². The zero-order chi connectivity index (χ0) is 28.3. The van der Waals surface area contributed by atoms with E-state index in [1.165, 1.54) is 24.3 Å². The van der Waals surface area contributed by atoms with Crippen LogP contribution in [-0.2, 0) is 16.5 Å². The number of hydrogen-bond acceptors (Lipinski definition) is 7. The Morgan fingerprint density at radius 1 is 1.05 bits per heavy atom. The molecule has 2 N–H and O–H groups in total. The molecule has 1 amide bonds. The SMILES string of the molecule is CCOc1ccc(NC(=O)c2cc3ccccc3c(N=Nc3cc(Cl)cc(CC)c3S(=O)(=O)O)c2[O-])cc1Cl.[Na+]. The van der Waals surface area contributed by atoms with Gasteiger partial charge in [0.15, 0.2) is 0 Å². The molecule has 0 atom stereocenters. The van der Waals surface area contributed by atoms with Crippen LogP contribution in [0.25, 0.3) is 10.8 Å². The van der Waals surface area contributed by atoms with Crippen LogP contribution in [0.2, 0.25) is 10.0 Å². The van der Waals surface area contributed by atoms with Crippen molar-refractivity contribution in [1.29, 1.82) is 0 Å². The Hall–Kier alpha value is -2.70. The van der Waals surface area contributed by atoms with Gasteiger partial charge < -0.3 is 15.2 Å². The van der Waals surface area contributed by atoms with Gasteiger partial charge in [-0.15, -0.1) is 5.11 Å². The molecule has 0 saturated carbocycles. The second kappa shape index (κ2) is 13.3. The van der Waals surface area contributed by atoms with Gasteiger partial charge in [0.2, 0.25) is 0 Å². The van der Waals surface area contributed by atoms with Crippen molar-refractivity contribution in [1.82, 2.24) is 0 Å². The molecule has 0 unspecified atom stereocenters. The average molecular weight is 610 g/mol. The first-order chi connectivity index (χ1) is 18.5. The van der Waals surface area contributed by atoms with Crippen molar-refractivity contribution in [2.75, 3.05) is 11.9 Å². The Kier molecular flexibility index (Phi) is 10.6. The van der Waals surface area contributed by atoms with Gasteiger partial charge in [-0.3, -0.25) is 9.35 Å². The summed E-state index contributed by atoms with van der Waals surface area (Å²) in [5.74, 6) is -0.998. The van der Waals surface area contributed by atoms with Crippen LogP contribution in [0.4, 0.5) is 17.1 Å². The number of nitrogens with one attached hydrogen (secondary N) is 1. The second-order valence-electron chi connectivity index (χ2n) is 8.30.